The summed E-state index contributed by atoms with van der Waals surface area (Å²) in [5, 5.41) is 3.38. The Hall–Kier alpha value is -1.59. The predicted octanol–water partition coefficient (Wildman–Crippen LogP) is 2.57. The molecule has 0 unspecified atom stereocenters. The maximum atomic E-state index is 12.8. The van der Waals surface area contributed by atoms with E-state index in [9.17, 15) is 4.79 Å². The average molecular weight is 371 g/mol. The van der Waals surface area contributed by atoms with E-state index in [2.05, 4.69) is 45.4 Å². The normalized spacial score (nSPS) is 23.2. The van der Waals surface area contributed by atoms with Gasteiger partial charge in [-0.25, -0.2) is 4.79 Å². The molecule has 1 N–H and O–H groups in total. The molecule has 1 aromatic rings. The summed E-state index contributed by atoms with van der Waals surface area (Å²) in [7, 11) is 0. The molecule has 2 amide bonds. The Morgan fingerprint density at radius 1 is 0.889 bits per heavy atom. The van der Waals surface area contributed by atoms with Crippen LogP contribution < -0.4 is 5.32 Å². The van der Waals surface area contributed by atoms with Crippen molar-refractivity contribution in [1.29, 1.82) is 0 Å². The number of likely N-dealkylation sites (tertiary alicyclic amines) is 1. The Morgan fingerprint density at radius 3 is 2.26 bits per heavy atom. The molecule has 3 aliphatic rings. The van der Waals surface area contributed by atoms with Crippen molar-refractivity contribution in [2.45, 2.75) is 44.1 Å². The molecule has 0 spiro atoms. The Kier molecular flexibility index (Phi) is 5.98. The van der Waals surface area contributed by atoms with E-state index in [0.29, 0.717) is 0 Å². The van der Waals surface area contributed by atoms with Crippen molar-refractivity contribution in [1.82, 2.24) is 20.0 Å². The van der Waals surface area contributed by atoms with Crippen molar-refractivity contribution in [3.63, 3.8) is 0 Å². The fourth-order valence-corrected chi connectivity index (χ4v) is 4.43. The van der Waals surface area contributed by atoms with Gasteiger partial charge in [0.25, 0.3) is 0 Å². The minimum absolute atomic E-state index is 0.0683. The zero-order valence-electron chi connectivity index (χ0n) is 16.5. The molecule has 3 fully saturated rings. The van der Waals surface area contributed by atoms with Crippen molar-refractivity contribution in [3.05, 3.63) is 35.9 Å². The minimum atomic E-state index is 0.0683. The highest BCUT2D eigenvalue weighted by Gasteiger charge is 2.46. The molecule has 27 heavy (non-hydrogen) atoms. The van der Waals surface area contributed by atoms with Crippen LogP contribution in [0.1, 0.15) is 37.7 Å². The summed E-state index contributed by atoms with van der Waals surface area (Å²) in [4.78, 5) is 19.8. The second-order valence-corrected chi connectivity index (χ2v) is 8.61. The molecule has 0 atom stereocenters. The second kappa shape index (κ2) is 8.61. The number of amides is 2. The van der Waals surface area contributed by atoms with Crippen LogP contribution in [-0.4, -0.2) is 78.6 Å². The number of benzene rings is 1. The Labute approximate surface area is 163 Å². The van der Waals surface area contributed by atoms with E-state index in [1.165, 1.54) is 37.9 Å². The molecule has 0 aromatic heterocycles. The third-order valence-corrected chi connectivity index (χ3v) is 6.42. The van der Waals surface area contributed by atoms with Crippen LogP contribution in [0.2, 0.25) is 0 Å². The van der Waals surface area contributed by atoms with Crippen LogP contribution >= 0.6 is 0 Å². The van der Waals surface area contributed by atoms with Gasteiger partial charge in [-0.3, -0.25) is 4.90 Å². The number of rotatable bonds is 6. The number of piperazine rings is 1. The molecular weight excluding hydrogens is 336 g/mol. The van der Waals surface area contributed by atoms with Gasteiger partial charge in [-0.05, 0) is 50.8 Å². The van der Waals surface area contributed by atoms with Crippen LogP contribution in [0.3, 0.4) is 0 Å². The first-order valence-electron chi connectivity index (χ1n) is 10.8. The van der Waals surface area contributed by atoms with Gasteiger partial charge in [0.1, 0.15) is 0 Å². The molecule has 148 valence electrons. The monoisotopic (exact) mass is 370 g/mol. The fraction of sp³-hybridized carbons (Fsp3) is 0.682. The first-order chi connectivity index (χ1) is 13.2. The molecule has 5 heteroatoms. The van der Waals surface area contributed by atoms with E-state index in [1.54, 1.807) is 0 Å². The van der Waals surface area contributed by atoms with Gasteiger partial charge >= 0.3 is 6.03 Å². The number of hydrogen-bond acceptors (Lipinski definition) is 3. The van der Waals surface area contributed by atoms with Gasteiger partial charge in [0, 0.05) is 39.3 Å². The van der Waals surface area contributed by atoms with E-state index in [0.717, 1.165) is 58.5 Å². The number of carbonyl (C=O) groups excluding carboxylic acids is 1. The Morgan fingerprint density at radius 2 is 1.59 bits per heavy atom. The number of carbonyl (C=O) groups is 1. The van der Waals surface area contributed by atoms with E-state index in [-0.39, 0.29) is 11.6 Å². The van der Waals surface area contributed by atoms with Crippen molar-refractivity contribution >= 4 is 6.03 Å². The van der Waals surface area contributed by atoms with Crippen LogP contribution in [0.4, 0.5) is 4.79 Å². The summed E-state index contributed by atoms with van der Waals surface area (Å²) in [5.41, 5.74) is 1.46. The maximum absolute atomic E-state index is 12.8. The summed E-state index contributed by atoms with van der Waals surface area (Å²) >= 11 is 0. The first kappa shape index (κ1) is 18.8. The summed E-state index contributed by atoms with van der Waals surface area (Å²) < 4.78 is 0. The van der Waals surface area contributed by atoms with Gasteiger partial charge in [0.05, 0.1) is 5.54 Å². The van der Waals surface area contributed by atoms with Crippen molar-refractivity contribution in [3.8, 4) is 0 Å². The number of hydrogen-bond donors (Lipinski definition) is 1. The van der Waals surface area contributed by atoms with E-state index in [4.69, 9.17) is 0 Å². The molecule has 0 radical (unpaired) electrons. The van der Waals surface area contributed by atoms with Crippen LogP contribution in [0.25, 0.3) is 0 Å². The SMILES string of the molecule is O=C(NC1(CN2CCCCC2)CC1)N1CCN(CCc2ccccc2)CC1. The van der Waals surface area contributed by atoms with Crippen LogP contribution in [0, 0.1) is 0 Å². The number of piperidine rings is 1. The molecule has 1 aliphatic carbocycles. The van der Waals surface area contributed by atoms with Crippen molar-refractivity contribution in [2.24, 2.45) is 0 Å². The molecule has 4 rings (SSSR count). The van der Waals surface area contributed by atoms with Gasteiger partial charge in [-0.2, -0.15) is 0 Å². The molecular formula is C22H34N4O. The second-order valence-electron chi connectivity index (χ2n) is 8.61. The molecule has 1 saturated carbocycles. The van der Waals surface area contributed by atoms with Crippen LogP contribution in [-0.2, 0) is 6.42 Å². The van der Waals surface area contributed by atoms with Crippen LogP contribution in [0.5, 0.6) is 0 Å². The van der Waals surface area contributed by atoms with Crippen molar-refractivity contribution < 1.29 is 4.79 Å². The largest absolute Gasteiger partial charge is 0.331 e. The molecule has 2 heterocycles. The van der Waals surface area contributed by atoms with Gasteiger partial charge in [0.15, 0.2) is 0 Å². The highest BCUT2D eigenvalue weighted by Crippen LogP contribution is 2.37. The molecule has 1 aromatic carbocycles. The fourth-order valence-electron chi connectivity index (χ4n) is 4.43. The minimum Gasteiger partial charge on any atom is -0.331 e. The van der Waals surface area contributed by atoms with Gasteiger partial charge in [0.2, 0.25) is 0 Å². The van der Waals surface area contributed by atoms with E-state index < -0.39 is 0 Å². The third-order valence-electron chi connectivity index (χ3n) is 6.42. The number of nitrogens with one attached hydrogen (secondary N) is 1. The van der Waals surface area contributed by atoms with Gasteiger partial charge in [-0.15, -0.1) is 0 Å². The smallest absolute Gasteiger partial charge is 0.317 e. The predicted molar refractivity (Wildman–Crippen MR) is 109 cm³/mol. The summed E-state index contributed by atoms with van der Waals surface area (Å²) in [5.74, 6) is 0. The average Bonchev–Trinajstić information content (AvgIpc) is 3.47. The highest BCUT2D eigenvalue weighted by molar-refractivity contribution is 5.75. The molecule has 2 saturated heterocycles. The van der Waals surface area contributed by atoms with Crippen LogP contribution in [0.15, 0.2) is 30.3 Å². The van der Waals surface area contributed by atoms with E-state index >= 15 is 0 Å². The standard InChI is InChI=1S/C22H34N4O/c27-21(23-22(10-11-22)19-25-12-5-2-6-13-25)26-17-15-24(16-18-26)14-9-20-7-3-1-4-8-20/h1,3-4,7-8H,2,5-6,9-19H2,(H,23,27). The topological polar surface area (TPSA) is 38.8 Å². The Bertz CT molecular complexity index is 602. The first-order valence-corrected chi connectivity index (χ1v) is 10.8. The quantitative estimate of drug-likeness (QED) is 0.837. The van der Waals surface area contributed by atoms with Gasteiger partial charge in [-0.1, -0.05) is 36.8 Å². The summed E-state index contributed by atoms with van der Waals surface area (Å²) in [6, 6.07) is 10.8. The van der Waals surface area contributed by atoms with Gasteiger partial charge < -0.3 is 15.1 Å². The zero-order chi connectivity index (χ0) is 18.5. The Balaban J connectivity index is 1.18. The molecule has 5 nitrogen and oxygen atoms in total. The van der Waals surface area contributed by atoms with E-state index in [1.807, 2.05) is 4.90 Å². The lowest BCUT2D eigenvalue weighted by Crippen LogP contribution is -2.56. The third kappa shape index (κ3) is 5.23. The lowest BCUT2D eigenvalue weighted by molar-refractivity contribution is 0.132. The lowest BCUT2D eigenvalue weighted by Gasteiger charge is -2.36. The lowest BCUT2D eigenvalue weighted by atomic mass is 10.1. The maximum Gasteiger partial charge on any atom is 0.317 e. The highest BCUT2D eigenvalue weighted by atomic mass is 16.2. The van der Waals surface area contributed by atoms with Crippen molar-refractivity contribution in [2.75, 3.05) is 52.4 Å². The number of urea groups is 1. The molecule has 0 bridgehead atoms. The summed E-state index contributed by atoms with van der Waals surface area (Å²) in [6.45, 7) is 8.21. The molecule has 2 aliphatic heterocycles. The number of nitrogens with zero attached hydrogens (tertiary/aromatic N) is 3. The zero-order valence-corrected chi connectivity index (χ0v) is 16.5. The summed E-state index contributed by atoms with van der Waals surface area (Å²) in [6.07, 6.45) is 7.37.